The van der Waals surface area contributed by atoms with Crippen LogP contribution in [0.4, 0.5) is 0 Å². The minimum absolute atomic E-state index is 0.0454. The lowest BCUT2D eigenvalue weighted by Gasteiger charge is -2.18. The van der Waals surface area contributed by atoms with Crippen LogP contribution in [0.2, 0.25) is 0 Å². The SMILES string of the molecule is COC(=O)CC1COc2cc(OC3CCc4c(C5=CCOCC5)cccc43)ccc21. The average molecular weight is 406 g/mol. The predicted molar refractivity (Wildman–Crippen MR) is 113 cm³/mol. The molecule has 2 atom stereocenters. The van der Waals surface area contributed by atoms with Crippen molar-refractivity contribution >= 4 is 11.5 Å². The Bertz CT molecular complexity index is 993. The van der Waals surface area contributed by atoms with Crippen LogP contribution in [-0.2, 0) is 20.7 Å². The van der Waals surface area contributed by atoms with Gasteiger partial charge in [0, 0.05) is 17.5 Å². The minimum atomic E-state index is -0.213. The van der Waals surface area contributed by atoms with E-state index in [-0.39, 0.29) is 18.0 Å². The van der Waals surface area contributed by atoms with Gasteiger partial charge in [0.25, 0.3) is 0 Å². The van der Waals surface area contributed by atoms with Crippen LogP contribution in [0.1, 0.15) is 53.5 Å². The third-order valence-corrected chi connectivity index (χ3v) is 6.31. The average Bonchev–Trinajstić information content (AvgIpc) is 3.38. The normalized spacial score (nSPS) is 22.0. The summed E-state index contributed by atoms with van der Waals surface area (Å²) >= 11 is 0. The van der Waals surface area contributed by atoms with Crippen LogP contribution in [0.3, 0.4) is 0 Å². The first-order valence-electron chi connectivity index (χ1n) is 10.6. The molecule has 2 aromatic rings. The molecule has 0 aromatic heterocycles. The standard InChI is InChI=1S/C25H26O5/c1-27-25(26)13-17-15-29-24-14-18(5-6-20(17)24)30-23-8-7-21-19(3-2-4-22(21)23)16-9-11-28-12-10-16/h2-6,9,14,17,23H,7-8,10-13,15H2,1H3. The van der Waals surface area contributed by atoms with Crippen molar-refractivity contribution in [2.24, 2.45) is 0 Å². The van der Waals surface area contributed by atoms with Gasteiger partial charge in [0.1, 0.15) is 17.6 Å². The molecule has 156 valence electrons. The van der Waals surface area contributed by atoms with Crippen LogP contribution in [0, 0.1) is 0 Å². The van der Waals surface area contributed by atoms with Gasteiger partial charge in [0.05, 0.1) is 33.4 Å². The Morgan fingerprint density at radius 3 is 2.93 bits per heavy atom. The summed E-state index contributed by atoms with van der Waals surface area (Å²) in [5, 5.41) is 0. The molecule has 5 heteroatoms. The lowest BCUT2D eigenvalue weighted by molar-refractivity contribution is -0.141. The van der Waals surface area contributed by atoms with E-state index in [2.05, 4.69) is 24.3 Å². The molecule has 0 N–H and O–H groups in total. The zero-order valence-corrected chi connectivity index (χ0v) is 17.2. The van der Waals surface area contributed by atoms with E-state index in [1.165, 1.54) is 29.4 Å². The molecule has 0 saturated heterocycles. The molecule has 2 heterocycles. The van der Waals surface area contributed by atoms with Gasteiger partial charge in [-0.25, -0.2) is 0 Å². The van der Waals surface area contributed by atoms with E-state index in [0.717, 1.165) is 42.9 Å². The monoisotopic (exact) mass is 406 g/mol. The molecule has 0 amide bonds. The van der Waals surface area contributed by atoms with Crippen molar-refractivity contribution in [3.63, 3.8) is 0 Å². The first kappa shape index (κ1) is 19.2. The Balaban J connectivity index is 1.34. The Hall–Kier alpha value is -2.79. The lowest BCUT2D eigenvalue weighted by Crippen LogP contribution is -2.09. The maximum atomic E-state index is 11.6. The van der Waals surface area contributed by atoms with E-state index < -0.39 is 0 Å². The molecule has 0 bridgehead atoms. The van der Waals surface area contributed by atoms with Gasteiger partial charge < -0.3 is 18.9 Å². The smallest absolute Gasteiger partial charge is 0.306 e. The summed E-state index contributed by atoms with van der Waals surface area (Å²) < 4.78 is 22.5. The molecule has 30 heavy (non-hydrogen) atoms. The fraction of sp³-hybridized carbons (Fsp3) is 0.400. The molecule has 2 unspecified atom stereocenters. The van der Waals surface area contributed by atoms with Crippen LogP contribution in [0.5, 0.6) is 11.5 Å². The van der Waals surface area contributed by atoms with Crippen LogP contribution in [0.15, 0.2) is 42.5 Å². The van der Waals surface area contributed by atoms with Crippen LogP contribution >= 0.6 is 0 Å². The Kier molecular flexibility index (Phi) is 5.21. The van der Waals surface area contributed by atoms with Gasteiger partial charge in [0.15, 0.2) is 0 Å². The third kappa shape index (κ3) is 3.58. The molecule has 5 rings (SSSR count). The summed E-state index contributed by atoms with van der Waals surface area (Å²) in [6.45, 7) is 1.99. The predicted octanol–water partition coefficient (Wildman–Crippen LogP) is 4.60. The summed E-state index contributed by atoms with van der Waals surface area (Å²) in [6, 6.07) is 12.5. The van der Waals surface area contributed by atoms with Crippen LogP contribution < -0.4 is 9.47 Å². The number of carbonyl (C=O) groups is 1. The molecule has 3 aliphatic rings. The molecular formula is C25H26O5. The molecule has 0 fully saturated rings. The van der Waals surface area contributed by atoms with Crippen molar-refractivity contribution in [3.8, 4) is 11.5 Å². The van der Waals surface area contributed by atoms with Gasteiger partial charge in [0.2, 0.25) is 0 Å². The number of hydrogen-bond acceptors (Lipinski definition) is 5. The highest BCUT2D eigenvalue weighted by atomic mass is 16.5. The quantitative estimate of drug-likeness (QED) is 0.680. The molecule has 1 aliphatic carbocycles. The van der Waals surface area contributed by atoms with Crippen molar-refractivity contribution in [2.45, 2.75) is 37.7 Å². The van der Waals surface area contributed by atoms with Gasteiger partial charge in [-0.05, 0) is 47.6 Å². The van der Waals surface area contributed by atoms with Crippen molar-refractivity contribution in [2.75, 3.05) is 26.9 Å². The number of esters is 1. The lowest BCUT2D eigenvalue weighted by atomic mass is 9.94. The van der Waals surface area contributed by atoms with Crippen molar-refractivity contribution < 1.29 is 23.7 Å². The maximum absolute atomic E-state index is 11.6. The highest BCUT2D eigenvalue weighted by Gasteiger charge is 2.30. The number of hydrogen-bond donors (Lipinski definition) is 0. The maximum Gasteiger partial charge on any atom is 0.306 e. The number of ether oxygens (including phenoxy) is 4. The fourth-order valence-corrected chi connectivity index (χ4v) is 4.76. The second-order valence-corrected chi connectivity index (χ2v) is 8.06. The van der Waals surface area contributed by atoms with Gasteiger partial charge >= 0.3 is 5.97 Å². The Morgan fingerprint density at radius 1 is 1.17 bits per heavy atom. The van der Waals surface area contributed by atoms with Crippen molar-refractivity contribution in [1.29, 1.82) is 0 Å². The van der Waals surface area contributed by atoms with E-state index in [4.69, 9.17) is 18.9 Å². The van der Waals surface area contributed by atoms with Crippen molar-refractivity contribution in [3.05, 3.63) is 64.7 Å². The number of rotatable bonds is 5. The fourth-order valence-electron chi connectivity index (χ4n) is 4.76. The molecule has 0 spiro atoms. The first-order valence-corrected chi connectivity index (χ1v) is 10.6. The Morgan fingerprint density at radius 2 is 2.10 bits per heavy atom. The minimum Gasteiger partial charge on any atom is -0.492 e. The second-order valence-electron chi connectivity index (χ2n) is 8.06. The van der Waals surface area contributed by atoms with E-state index in [1.54, 1.807) is 0 Å². The van der Waals surface area contributed by atoms with Gasteiger partial charge in [-0.15, -0.1) is 0 Å². The second kappa shape index (κ2) is 8.15. The molecule has 0 saturated carbocycles. The van der Waals surface area contributed by atoms with Gasteiger partial charge in [-0.1, -0.05) is 30.3 Å². The summed E-state index contributed by atoms with van der Waals surface area (Å²) in [6.07, 6.45) is 5.55. The molecule has 5 nitrogen and oxygen atoms in total. The molecular weight excluding hydrogens is 380 g/mol. The largest absolute Gasteiger partial charge is 0.492 e. The highest BCUT2D eigenvalue weighted by Crippen LogP contribution is 2.42. The number of fused-ring (bicyclic) bond motifs is 2. The van der Waals surface area contributed by atoms with Crippen LogP contribution in [0.25, 0.3) is 5.57 Å². The molecule has 0 radical (unpaired) electrons. The summed E-state index contributed by atoms with van der Waals surface area (Å²) in [4.78, 5) is 11.6. The number of benzene rings is 2. The van der Waals surface area contributed by atoms with E-state index in [1.807, 2.05) is 18.2 Å². The summed E-state index contributed by atoms with van der Waals surface area (Å²) in [5.74, 6) is 1.44. The van der Waals surface area contributed by atoms with E-state index in [9.17, 15) is 4.79 Å². The third-order valence-electron chi connectivity index (χ3n) is 6.31. The molecule has 2 aliphatic heterocycles. The summed E-state index contributed by atoms with van der Waals surface area (Å²) in [7, 11) is 1.42. The molecule has 2 aromatic carbocycles. The Labute approximate surface area is 176 Å². The van der Waals surface area contributed by atoms with E-state index in [0.29, 0.717) is 19.6 Å². The van der Waals surface area contributed by atoms with E-state index >= 15 is 0 Å². The van der Waals surface area contributed by atoms with Gasteiger partial charge in [-0.3, -0.25) is 4.79 Å². The van der Waals surface area contributed by atoms with Gasteiger partial charge in [-0.2, -0.15) is 0 Å². The van der Waals surface area contributed by atoms with Crippen molar-refractivity contribution in [1.82, 2.24) is 0 Å². The number of carbonyl (C=O) groups excluding carboxylic acids is 1. The topological polar surface area (TPSA) is 54.0 Å². The summed E-state index contributed by atoms with van der Waals surface area (Å²) in [5.41, 5.74) is 6.48. The van der Waals surface area contributed by atoms with Crippen LogP contribution in [-0.4, -0.2) is 32.9 Å². The number of methoxy groups -OCH3 is 1. The highest BCUT2D eigenvalue weighted by molar-refractivity contribution is 5.71. The zero-order chi connectivity index (χ0) is 20.5. The first-order chi connectivity index (χ1) is 14.7. The zero-order valence-electron chi connectivity index (χ0n) is 17.2.